The molecular weight excluding hydrogens is 230 g/mol. The fourth-order valence-corrected chi connectivity index (χ4v) is 3.10. The molecule has 0 bridgehead atoms. The molecular formula is C18H21N. The van der Waals surface area contributed by atoms with Gasteiger partial charge in [-0.25, -0.2) is 0 Å². The van der Waals surface area contributed by atoms with Crippen molar-refractivity contribution in [1.82, 2.24) is 4.90 Å². The minimum Gasteiger partial charge on any atom is -0.301 e. The molecule has 1 heterocycles. The maximum absolute atomic E-state index is 2.43. The van der Waals surface area contributed by atoms with Gasteiger partial charge in [0.1, 0.15) is 0 Å². The third kappa shape index (κ3) is 2.31. The summed E-state index contributed by atoms with van der Waals surface area (Å²) in [6.07, 6.45) is 0. The van der Waals surface area contributed by atoms with E-state index in [-0.39, 0.29) is 0 Å². The predicted octanol–water partition coefficient (Wildman–Crippen LogP) is 3.88. The molecule has 0 N–H and O–H groups in total. The van der Waals surface area contributed by atoms with Gasteiger partial charge in [-0.15, -0.1) is 0 Å². The Hall–Kier alpha value is -1.60. The topological polar surface area (TPSA) is 3.24 Å². The van der Waals surface area contributed by atoms with Crippen molar-refractivity contribution >= 4 is 0 Å². The molecule has 1 nitrogen and oxygen atoms in total. The van der Waals surface area contributed by atoms with E-state index in [0.717, 1.165) is 13.1 Å². The van der Waals surface area contributed by atoms with Crippen molar-refractivity contribution in [2.24, 2.45) is 0 Å². The highest BCUT2D eigenvalue weighted by atomic mass is 15.1. The van der Waals surface area contributed by atoms with E-state index in [1.807, 2.05) is 0 Å². The summed E-state index contributed by atoms with van der Waals surface area (Å²) >= 11 is 0. The first-order valence-electron chi connectivity index (χ1n) is 6.98. The van der Waals surface area contributed by atoms with E-state index < -0.39 is 0 Å². The Morgan fingerprint density at radius 2 is 1.74 bits per heavy atom. The molecule has 0 aliphatic carbocycles. The van der Waals surface area contributed by atoms with Crippen LogP contribution in [0.1, 0.15) is 33.7 Å². The average molecular weight is 251 g/mol. The first-order chi connectivity index (χ1) is 9.15. The van der Waals surface area contributed by atoms with Crippen LogP contribution in [0.5, 0.6) is 0 Å². The molecule has 0 fully saturated rings. The second-order valence-electron chi connectivity index (χ2n) is 5.80. The molecule has 1 aliphatic heterocycles. The van der Waals surface area contributed by atoms with Gasteiger partial charge >= 0.3 is 0 Å². The van der Waals surface area contributed by atoms with Crippen LogP contribution in [-0.2, 0) is 6.54 Å². The van der Waals surface area contributed by atoms with Crippen molar-refractivity contribution in [3.63, 3.8) is 0 Å². The average Bonchev–Trinajstić information content (AvgIpc) is 2.40. The summed E-state index contributed by atoms with van der Waals surface area (Å²) in [4.78, 5) is 2.43. The lowest BCUT2D eigenvalue weighted by Gasteiger charge is -2.33. The molecule has 0 amide bonds. The quantitative estimate of drug-likeness (QED) is 0.743. The van der Waals surface area contributed by atoms with Crippen LogP contribution in [0.25, 0.3) is 0 Å². The number of likely N-dealkylation sites (N-methyl/N-ethyl adjacent to an activating group) is 1. The third-order valence-electron chi connectivity index (χ3n) is 4.22. The van der Waals surface area contributed by atoms with Gasteiger partial charge in [0, 0.05) is 19.0 Å². The Balaban J connectivity index is 2.08. The van der Waals surface area contributed by atoms with Crippen LogP contribution in [-0.4, -0.2) is 18.5 Å². The fourth-order valence-electron chi connectivity index (χ4n) is 3.10. The Labute approximate surface area is 115 Å². The van der Waals surface area contributed by atoms with E-state index in [2.05, 4.69) is 68.3 Å². The molecule has 2 aromatic carbocycles. The smallest absolute Gasteiger partial charge is 0.0236 e. The molecule has 19 heavy (non-hydrogen) atoms. The number of hydrogen-bond acceptors (Lipinski definition) is 1. The SMILES string of the molecule is Cc1ccc([C@@H]2CN(C)Cc3c(C)cccc32)cc1. The summed E-state index contributed by atoms with van der Waals surface area (Å²) in [5.41, 5.74) is 7.21. The third-order valence-corrected chi connectivity index (χ3v) is 4.22. The van der Waals surface area contributed by atoms with Gasteiger partial charge < -0.3 is 4.90 Å². The Kier molecular flexibility index (Phi) is 3.16. The van der Waals surface area contributed by atoms with Gasteiger partial charge in [0.25, 0.3) is 0 Å². The molecule has 1 aliphatic rings. The van der Waals surface area contributed by atoms with Crippen molar-refractivity contribution in [3.8, 4) is 0 Å². The van der Waals surface area contributed by atoms with Crippen LogP contribution in [0.4, 0.5) is 0 Å². The van der Waals surface area contributed by atoms with Crippen molar-refractivity contribution in [2.45, 2.75) is 26.3 Å². The van der Waals surface area contributed by atoms with Gasteiger partial charge in [-0.1, -0.05) is 48.0 Å². The number of fused-ring (bicyclic) bond motifs is 1. The maximum Gasteiger partial charge on any atom is 0.0236 e. The summed E-state index contributed by atoms with van der Waals surface area (Å²) in [6, 6.07) is 15.7. The fraction of sp³-hybridized carbons (Fsp3) is 0.333. The molecule has 3 rings (SSSR count). The molecule has 1 atom stereocenters. The van der Waals surface area contributed by atoms with E-state index in [0.29, 0.717) is 5.92 Å². The Morgan fingerprint density at radius 1 is 1.00 bits per heavy atom. The summed E-state index contributed by atoms with van der Waals surface area (Å²) in [5.74, 6) is 0.509. The summed E-state index contributed by atoms with van der Waals surface area (Å²) < 4.78 is 0. The van der Waals surface area contributed by atoms with Crippen LogP contribution >= 0.6 is 0 Å². The van der Waals surface area contributed by atoms with E-state index in [1.165, 1.54) is 27.8 Å². The number of aryl methyl sites for hydroxylation is 2. The highest BCUT2D eigenvalue weighted by Gasteiger charge is 2.25. The molecule has 0 unspecified atom stereocenters. The second kappa shape index (κ2) is 4.82. The summed E-state index contributed by atoms with van der Waals surface area (Å²) in [5, 5.41) is 0. The lowest BCUT2D eigenvalue weighted by atomic mass is 9.83. The van der Waals surface area contributed by atoms with Crippen LogP contribution in [0.15, 0.2) is 42.5 Å². The molecule has 0 saturated heterocycles. The number of rotatable bonds is 1. The Bertz CT molecular complexity index is 583. The van der Waals surface area contributed by atoms with Crippen molar-refractivity contribution in [1.29, 1.82) is 0 Å². The molecule has 0 aromatic heterocycles. The molecule has 2 aromatic rings. The monoisotopic (exact) mass is 251 g/mol. The molecule has 0 saturated carbocycles. The van der Waals surface area contributed by atoms with Crippen LogP contribution in [0.2, 0.25) is 0 Å². The lowest BCUT2D eigenvalue weighted by Crippen LogP contribution is -2.31. The van der Waals surface area contributed by atoms with Gasteiger partial charge in [-0.2, -0.15) is 0 Å². The Morgan fingerprint density at radius 3 is 2.47 bits per heavy atom. The zero-order valence-electron chi connectivity index (χ0n) is 12.0. The number of hydrogen-bond donors (Lipinski definition) is 0. The van der Waals surface area contributed by atoms with E-state index in [4.69, 9.17) is 0 Å². The van der Waals surface area contributed by atoms with Crippen molar-refractivity contribution < 1.29 is 0 Å². The van der Waals surface area contributed by atoms with Crippen LogP contribution < -0.4 is 0 Å². The summed E-state index contributed by atoms with van der Waals surface area (Å²) in [6.45, 7) is 6.56. The van der Waals surface area contributed by atoms with Crippen LogP contribution in [0, 0.1) is 13.8 Å². The molecule has 1 heteroatoms. The maximum atomic E-state index is 2.43. The zero-order valence-corrected chi connectivity index (χ0v) is 12.0. The van der Waals surface area contributed by atoms with Crippen LogP contribution in [0.3, 0.4) is 0 Å². The van der Waals surface area contributed by atoms with Gasteiger partial charge in [-0.05, 0) is 43.1 Å². The minimum absolute atomic E-state index is 0.509. The van der Waals surface area contributed by atoms with Gasteiger partial charge in [0.2, 0.25) is 0 Å². The van der Waals surface area contributed by atoms with E-state index >= 15 is 0 Å². The van der Waals surface area contributed by atoms with E-state index in [1.54, 1.807) is 0 Å². The van der Waals surface area contributed by atoms with Gasteiger partial charge in [-0.3, -0.25) is 0 Å². The van der Waals surface area contributed by atoms with Crippen molar-refractivity contribution in [2.75, 3.05) is 13.6 Å². The highest BCUT2D eigenvalue weighted by molar-refractivity contribution is 5.44. The lowest BCUT2D eigenvalue weighted by molar-refractivity contribution is 0.294. The zero-order chi connectivity index (χ0) is 13.4. The first-order valence-corrected chi connectivity index (χ1v) is 6.98. The van der Waals surface area contributed by atoms with Gasteiger partial charge in [0.15, 0.2) is 0 Å². The van der Waals surface area contributed by atoms with E-state index in [9.17, 15) is 0 Å². The second-order valence-corrected chi connectivity index (χ2v) is 5.80. The standard InChI is InChI=1S/C18H21N/c1-13-7-9-15(10-8-13)18-12-19(3)11-17-14(2)5-4-6-16(17)18/h4-10,18H,11-12H2,1-3H3/t18-/m0/s1. The van der Waals surface area contributed by atoms with Gasteiger partial charge in [0.05, 0.1) is 0 Å². The predicted molar refractivity (Wildman–Crippen MR) is 80.5 cm³/mol. The molecule has 0 spiro atoms. The largest absolute Gasteiger partial charge is 0.301 e. The molecule has 0 radical (unpaired) electrons. The normalized spacial score (nSPS) is 19.2. The van der Waals surface area contributed by atoms with Crippen molar-refractivity contribution in [3.05, 3.63) is 70.3 Å². The minimum atomic E-state index is 0.509. The molecule has 98 valence electrons. The highest BCUT2D eigenvalue weighted by Crippen LogP contribution is 2.34. The number of benzene rings is 2. The number of nitrogens with zero attached hydrogens (tertiary/aromatic N) is 1. The summed E-state index contributed by atoms with van der Waals surface area (Å²) in [7, 11) is 2.22. The first kappa shape index (κ1) is 12.4.